The van der Waals surface area contributed by atoms with Gasteiger partial charge in [0.05, 0.1) is 11.5 Å². The second-order valence-electron chi connectivity index (χ2n) is 7.91. The summed E-state index contributed by atoms with van der Waals surface area (Å²) in [5, 5.41) is 4.06. The molecule has 31 heavy (non-hydrogen) atoms. The number of nitrogens with two attached hydrogens (primary N) is 1. The van der Waals surface area contributed by atoms with Crippen molar-refractivity contribution in [1.29, 1.82) is 0 Å². The topological polar surface area (TPSA) is 87.2 Å². The molecule has 2 aromatic carbocycles. The number of ketones is 1. The van der Waals surface area contributed by atoms with Crippen molar-refractivity contribution < 1.29 is 14.3 Å². The van der Waals surface area contributed by atoms with Crippen LogP contribution in [0.25, 0.3) is 0 Å². The molecule has 2 atom stereocenters. The van der Waals surface area contributed by atoms with E-state index in [0.29, 0.717) is 30.7 Å². The Morgan fingerprint density at radius 2 is 1.94 bits per heavy atom. The third-order valence-electron chi connectivity index (χ3n) is 5.83. The number of carbonyl (C=O) groups excluding carboxylic acids is 2. The van der Waals surface area contributed by atoms with Crippen molar-refractivity contribution in [2.45, 2.75) is 41.1 Å². The third-order valence-corrected chi connectivity index (χ3v) is 6.83. The first kappa shape index (κ1) is 21.3. The SMILES string of the molecule is C[C@H]1C[C@@](C(N)=O)(c2cccc(Sc3ccc(C(=O)c4ccnn4C)cc3)c2)CCO1. The monoisotopic (exact) mass is 435 g/mol. The molecule has 2 heterocycles. The average molecular weight is 436 g/mol. The van der Waals surface area contributed by atoms with Crippen LogP contribution in [0.3, 0.4) is 0 Å². The number of nitrogens with zero attached hydrogens (tertiary/aromatic N) is 2. The normalized spacial score (nSPS) is 21.0. The predicted molar refractivity (Wildman–Crippen MR) is 119 cm³/mol. The largest absolute Gasteiger partial charge is 0.378 e. The Morgan fingerprint density at radius 1 is 1.16 bits per heavy atom. The van der Waals surface area contributed by atoms with Gasteiger partial charge in [-0.2, -0.15) is 5.10 Å². The summed E-state index contributed by atoms with van der Waals surface area (Å²) < 4.78 is 7.22. The van der Waals surface area contributed by atoms with Gasteiger partial charge in [0.25, 0.3) is 0 Å². The summed E-state index contributed by atoms with van der Waals surface area (Å²) >= 11 is 1.59. The van der Waals surface area contributed by atoms with Gasteiger partial charge in [-0.1, -0.05) is 23.9 Å². The van der Waals surface area contributed by atoms with Gasteiger partial charge < -0.3 is 10.5 Å². The molecule has 1 aliphatic rings. The summed E-state index contributed by atoms with van der Waals surface area (Å²) in [7, 11) is 1.75. The standard InChI is InChI=1S/C24H25N3O3S/c1-16-15-24(23(25)29,11-13-30-16)18-4-3-5-20(14-18)31-19-8-6-17(7-9-19)22(28)21-10-12-26-27(21)2/h3-10,12,14,16H,11,13,15H2,1-2H3,(H2,25,29)/t16-,24+/m0/s1. The van der Waals surface area contributed by atoms with Crippen LogP contribution in [-0.4, -0.2) is 34.2 Å². The molecule has 7 heteroatoms. The molecule has 160 valence electrons. The highest BCUT2D eigenvalue weighted by molar-refractivity contribution is 7.99. The Bertz CT molecular complexity index is 1110. The Hall–Kier alpha value is -2.90. The van der Waals surface area contributed by atoms with Gasteiger partial charge in [-0.15, -0.1) is 0 Å². The first-order chi connectivity index (χ1) is 14.9. The van der Waals surface area contributed by atoms with E-state index in [0.717, 1.165) is 15.4 Å². The van der Waals surface area contributed by atoms with Gasteiger partial charge in [-0.3, -0.25) is 14.3 Å². The molecule has 6 nitrogen and oxygen atoms in total. The number of carbonyl (C=O) groups is 2. The highest BCUT2D eigenvalue weighted by Crippen LogP contribution is 2.39. The first-order valence-electron chi connectivity index (χ1n) is 10.2. The van der Waals surface area contributed by atoms with Gasteiger partial charge in [-0.05, 0) is 67.8 Å². The minimum absolute atomic E-state index is 0.0120. The zero-order valence-electron chi connectivity index (χ0n) is 17.6. The summed E-state index contributed by atoms with van der Waals surface area (Å²) in [6.07, 6.45) is 2.78. The maximum absolute atomic E-state index is 12.6. The van der Waals surface area contributed by atoms with Crippen LogP contribution in [0, 0.1) is 0 Å². The molecule has 2 N–H and O–H groups in total. The summed E-state index contributed by atoms with van der Waals surface area (Å²) in [6.45, 7) is 2.50. The van der Waals surface area contributed by atoms with Crippen molar-refractivity contribution in [2.75, 3.05) is 6.61 Å². The Balaban J connectivity index is 1.55. The number of benzene rings is 2. The number of amides is 1. The molecule has 0 bridgehead atoms. The fourth-order valence-corrected chi connectivity index (χ4v) is 5.00. The second-order valence-corrected chi connectivity index (χ2v) is 9.05. The van der Waals surface area contributed by atoms with Crippen molar-refractivity contribution in [3.63, 3.8) is 0 Å². The van der Waals surface area contributed by atoms with Crippen LogP contribution >= 0.6 is 11.8 Å². The summed E-state index contributed by atoms with van der Waals surface area (Å²) in [4.78, 5) is 27.1. The van der Waals surface area contributed by atoms with E-state index in [2.05, 4.69) is 5.10 Å². The third kappa shape index (κ3) is 4.29. The molecule has 3 aromatic rings. The molecule has 0 spiro atoms. The summed E-state index contributed by atoms with van der Waals surface area (Å²) in [6, 6.07) is 17.2. The van der Waals surface area contributed by atoms with Crippen molar-refractivity contribution in [3.8, 4) is 0 Å². The van der Waals surface area contributed by atoms with Crippen LogP contribution in [-0.2, 0) is 22.0 Å². The van der Waals surface area contributed by atoms with Gasteiger partial charge in [0.2, 0.25) is 11.7 Å². The number of aromatic nitrogens is 2. The van der Waals surface area contributed by atoms with Gasteiger partial charge in [0.15, 0.2) is 0 Å². The van der Waals surface area contributed by atoms with Gasteiger partial charge >= 0.3 is 0 Å². The molecule has 0 aliphatic carbocycles. The molecule has 1 aromatic heterocycles. The second kappa shape index (κ2) is 8.69. The molecule has 1 aliphatic heterocycles. The van der Waals surface area contributed by atoms with Gasteiger partial charge in [0.1, 0.15) is 5.69 Å². The van der Waals surface area contributed by atoms with Crippen LogP contribution in [0.15, 0.2) is 70.6 Å². The summed E-state index contributed by atoms with van der Waals surface area (Å²) in [5.41, 5.74) is 7.26. The lowest BCUT2D eigenvalue weighted by Gasteiger charge is -2.38. The quantitative estimate of drug-likeness (QED) is 0.596. The van der Waals surface area contributed by atoms with Gasteiger partial charge in [-0.25, -0.2) is 0 Å². The highest BCUT2D eigenvalue weighted by atomic mass is 32.2. The zero-order valence-corrected chi connectivity index (χ0v) is 18.4. The van der Waals surface area contributed by atoms with E-state index in [1.165, 1.54) is 0 Å². The van der Waals surface area contributed by atoms with Crippen LogP contribution in [0.5, 0.6) is 0 Å². The van der Waals surface area contributed by atoms with E-state index in [9.17, 15) is 9.59 Å². The molecule has 1 fully saturated rings. The minimum Gasteiger partial charge on any atom is -0.378 e. The van der Waals surface area contributed by atoms with Crippen LogP contribution in [0.1, 0.15) is 41.4 Å². The highest BCUT2D eigenvalue weighted by Gasteiger charge is 2.42. The fraction of sp³-hybridized carbons (Fsp3) is 0.292. The van der Waals surface area contributed by atoms with Crippen LogP contribution < -0.4 is 5.73 Å². The smallest absolute Gasteiger partial charge is 0.228 e. The first-order valence-corrected chi connectivity index (χ1v) is 11.0. The lowest BCUT2D eigenvalue weighted by atomic mass is 9.72. The Kier molecular flexibility index (Phi) is 5.98. The lowest BCUT2D eigenvalue weighted by Crippen LogP contribution is -2.47. The fourth-order valence-electron chi connectivity index (χ4n) is 4.13. The number of hydrogen-bond donors (Lipinski definition) is 1. The maximum Gasteiger partial charge on any atom is 0.228 e. The molecular weight excluding hydrogens is 410 g/mol. The van der Waals surface area contributed by atoms with Gasteiger partial charge in [0, 0.05) is 35.2 Å². The molecular formula is C24H25N3O3S. The predicted octanol–water partition coefficient (Wildman–Crippen LogP) is 3.72. The molecule has 1 saturated heterocycles. The lowest BCUT2D eigenvalue weighted by molar-refractivity contribution is -0.129. The molecule has 0 unspecified atom stereocenters. The van der Waals surface area contributed by atoms with E-state index < -0.39 is 5.41 Å². The molecule has 0 radical (unpaired) electrons. The number of ether oxygens (including phenoxy) is 1. The van der Waals surface area contributed by atoms with E-state index in [1.54, 1.807) is 35.8 Å². The van der Waals surface area contributed by atoms with E-state index in [4.69, 9.17) is 10.5 Å². The van der Waals surface area contributed by atoms with Crippen LogP contribution in [0.4, 0.5) is 0 Å². The minimum atomic E-state index is -0.701. The molecule has 0 saturated carbocycles. The van der Waals surface area contributed by atoms with Crippen molar-refractivity contribution >= 4 is 23.5 Å². The molecule has 4 rings (SSSR count). The molecule has 1 amide bonds. The summed E-state index contributed by atoms with van der Waals surface area (Å²) in [5.74, 6) is -0.363. The number of hydrogen-bond acceptors (Lipinski definition) is 5. The van der Waals surface area contributed by atoms with E-state index >= 15 is 0 Å². The number of primary amides is 1. The van der Waals surface area contributed by atoms with Crippen LogP contribution in [0.2, 0.25) is 0 Å². The average Bonchev–Trinajstić information content (AvgIpc) is 3.19. The maximum atomic E-state index is 12.6. The van der Waals surface area contributed by atoms with Crippen molar-refractivity contribution in [2.24, 2.45) is 12.8 Å². The Labute approximate surface area is 185 Å². The number of rotatable bonds is 6. The zero-order chi connectivity index (χ0) is 22.0. The van der Waals surface area contributed by atoms with Crippen molar-refractivity contribution in [3.05, 3.63) is 77.6 Å². The van der Waals surface area contributed by atoms with E-state index in [-0.39, 0.29) is 17.8 Å². The number of aryl methyl sites for hydroxylation is 1. The van der Waals surface area contributed by atoms with E-state index in [1.807, 2.05) is 55.5 Å². The Morgan fingerprint density at radius 3 is 2.58 bits per heavy atom. The van der Waals surface area contributed by atoms with Crippen molar-refractivity contribution in [1.82, 2.24) is 9.78 Å².